The number of nitrogens with one attached hydrogen (secondary N) is 1. The third-order valence-electron chi connectivity index (χ3n) is 12.3. The first kappa shape index (κ1) is 36.7. The van der Waals surface area contributed by atoms with Gasteiger partial charge in [0.05, 0.1) is 0 Å². The maximum Gasteiger partial charge on any atom is 0.407 e. The lowest BCUT2D eigenvalue weighted by molar-refractivity contribution is -0.148. The Morgan fingerprint density at radius 3 is 2.11 bits per heavy atom. The Morgan fingerprint density at radius 2 is 1.45 bits per heavy atom. The van der Waals surface area contributed by atoms with Crippen LogP contribution < -0.4 is 10.2 Å². The molecule has 280 valence electrons. The van der Waals surface area contributed by atoms with E-state index < -0.39 is 30.1 Å². The molecule has 3 aromatic carbocycles. The fourth-order valence-electron chi connectivity index (χ4n) is 9.35. The Hall–Kier alpha value is -4.66. The topological polar surface area (TPSA) is 116 Å². The van der Waals surface area contributed by atoms with Gasteiger partial charge in [0.25, 0.3) is 0 Å². The lowest BCUT2D eigenvalue weighted by atomic mass is 9.79. The summed E-state index contributed by atoms with van der Waals surface area (Å²) < 4.78 is 5.83. The van der Waals surface area contributed by atoms with Crippen molar-refractivity contribution in [2.45, 2.75) is 102 Å². The van der Waals surface area contributed by atoms with Gasteiger partial charge in [0.2, 0.25) is 11.8 Å². The largest absolute Gasteiger partial charge is 0.480 e. The van der Waals surface area contributed by atoms with Crippen molar-refractivity contribution in [3.63, 3.8) is 0 Å². The van der Waals surface area contributed by atoms with Gasteiger partial charge in [0, 0.05) is 37.0 Å². The van der Waals surface area contributed by atoms with E-state index in [0.717, 1.165) is 72.2 Å². The van der Waals surface area contributed by atoms with E-state index in [2.05, 4.69) is 36.5 Å². The van der Waals surface area contributed by atoms with Crippen molar-refractivity contribution in [1.82, 2.24) is 10.2 Å². The van der Waals surface area contributed by atoms with Crippen LogP contribution in [0.3, 0.4) is 0 Å². The van der Waals surface area contributed by atoms with Crippen molar-refractivity contribution in [3.05, 3.63) is 89.5 Å². The maximum absolute atomic E-state index is 14.1. The summed E-state index contributed by atoms with van der Waals surface area (Å²) in [7, 11) is 0. The molecular weight excluding hydrogens is 666 g/mol. The average Bonchev–Trinajstić information content (AvgIpc) is 3.80. The van der Waals surface area contributed by atoms with E-state index in [9.17, 15) is 24.3 Å². The van der Waals surface area contributed by atoms with Gasteiger partial charge in [-0.15, -0.1) is 0 Å². The number of fused-ring (bicyclic) bond motifs is 3. The molecule has 3 fully saturated rings. The van der Waals surface area contributed by atoms with Crippen molar-refractivity contribution >= 4 is 29.6 Å². The van der Waals surface area contributed by atoms with Gasteiger partial charge in [0.15, 0.2) is 0 Å². The number of carbonyl (C=O) groups excluding carboxylic acids is 3. The molecule has 3 amide bonds. The van der Waals surface area contributed by atoms with Crippen LogP contribution in [0.25, 0.3) is 11.1 Å². The first-order valence-electron chi connectivity index (χ1n) is 19.8. The third-order valence-corrected chi connectivity index (χ3v) is 12.3. The third kappa shape index (κ3) is 8.14. The number of aliphatic carboxylic acids is 1. The zero-order valence-corrected chi connectivity index (χ0v) is 30.9. The highest BCUT2D eigenvalue weighted by molar-refractivity contribution is 5.95. The Balaban J connectivity index is 1.08. The smallest absolute Gasteiger partial charge is 0.407 e. The van der Waals surface area contributed by atoms with E-state index in [1.54, 1.807) is 0 Å². The van der Waals surface area contributed by atoms with E-state index in [1.165, 1.54) is 30.6 Å². The van der Waals surface area contributed by atoms with Gasteiger partial charge < -0.3 is 25.0 Å². The zero-order valence-electron chi connectivity index (χ0n) is 30.9. The molecule has 3 aliphatic carbocycles. The number of anilines is 1. The minimum absolute atomic E-state index is 0.0260. The van der Waals surface area contributed by atoms with Crippen LogP contribution in [-0.4, -0.2) is 65.7 Å². The summed E-state index contributed by atoms with van der Waals surface area (Å²) in [6, 6.07) is 22.0. The van der Waals surface area contributed by atoms with E-state index in [1.807, 2.05) is 53.4 Å². The Kier molecular flexibility index (Phi) is 11.5. The minimum Gasteiger partial charge on any atom is -0.480 e. The van der Waals surface area contributed by atoms with Crippen molar-refractivity contribution in [2.24, 2.45) is 17.8 Å². The standard InChI is InChI=1S/C44H53N3O6/c1-29-12-5-6-15-33(29)41(48)47(27-31-13-3-2-4-14-31)32-23-21-30(22-24-32)26-39(42(49)46-25-11-20-40(46)43(50)51)45-44(52)53-28-38-36-18-9-7-16-34(36)35-17-8-10-19-37(35)38/h7-10,16-19,21-24,29,31,33,38-40H,2-6,11-15,20,25-28H2,1H3,(H,45,52)(H,50,51)/t29?,33?,39-,40?/m0/s1. The first-order valence-corrected chi connectivity index (χ1v) is 19.8. The number of nitrogens with zero attached hydrogens (tertiary/aromatic N) is 2. The number of rotatable bonds is 11. The lowest BCUT2D eigenvalue weighted by Crippen LogP contribution is -2.52. The SMILES string of the molecule is CC1CCCCC1C(=O)N(CC1CCCCC1)c1ccc(C[C@H](NC(=O)OCC2c3ccccc3-c3ccccc32)C(=O)N2CCCC2C(=O)O)cc1. The Bertz CT molecular complexity index is 1740. The summed E-state index contributed by atoms with van der Waals surface area (Å²) in [5.41, 5.74) is 6.08. The average molecular weight is 720 g/mol. The minimum atomic E-state index is -1.05. The molecule has 0 radical (unpaired) electrons. The van der Waals surface area contributed by atoms with Crippen LogP contribution in [0.5, 0.6) is 0 Å². The summed E-state index contributed by atoms with van der Waals surface area (Å²) in [6.07, 6.45) is 10.6. The highest BCUT2D eigenvalue weighted by atomic mass is 16.5. The molecule has 1 heterocycles. The van der Waals surface area contributed by atoms with Crippen LogP contribution >= 0.6 is 0 Å². The normalized spacial score (nSPS) is 22.1. The molecular formula is C44H53N3O6. The van der Waals surface area contributed by atoms with E-state index in [4.69, 9.17) is 4.74 Å². The number of carboxylic acids is 1. The Labute approximate surface area is 313 Å². The predicted octanol–water partition coefficient (Wildman–Crippen LogP) is 7.95. The van der Waals surface area contributed by atoms with Gasteiger partial charge in [-0.05, 0) is 90.3 Å². The van der Waals surface area contributed by atoms with Crippen LogP contribution in [0.2, 0.25) is 0 Å². The summed E-state index contributed by atoms with van der Waals surface area (Å²) >= 11 is 0. The molecule has 0 bridgehead atoms. The van der Waals surface area contributed by atoms with Gasteiger partial charge in [-0.25, -0.2) is 9.59 Å². The molecule has 0 aromatic heterocycles. The monoisotopic (exact) mass is 719 g/mol. The van der Waals surface area contributed by atoms with Crippen molar-refractivity contribution < 1.29 is 29.0 Å². The summed E-state index contributed by atoms with van der Waals surface area (Å²) in [4.78, 5) is 57.1. The highest BCUT2D eigenvalue weighted by Gasteiger charge is 2.39. The summed E-state index contributed by atoms with van der Waals surface area (Å²) in [5, 5.41) is 12.7. The molecule has 2 saturated carbocycles. The number of hydrogen-bond donors (Lipinski definition) is 2. The molecule has 9 nitrogen and oxygen atoms in total. The summed E-state index contributed by atoms with van der Waals surface area (Å²) in [6.45, 7) is 3.34. The second kappa shape index (κ2) is 16.6. The molecule has 4 aliphatic rings. The van der Waals surface area contributed by atoms with Crippen molar-refractivity contribution in [1.29, 1.82) is 0 Å². The van der Waals surface area contributed by atoms with Crippen LogP contribution in [0.4, 0.5) is 10.5 Å². The molecule has 4 atom stereocenters. The Morgan fingerprint density at radius 1 is 0.811 bits per heavy atom. The molecule has 7 rings (SSSR count). The molecule has 1 saturated heterocycles. The lowest BCUT2D eigenvalue weighted by Gasteiger charge is -2.36. The number of carbonyl (C=O) groups is 4. The van der Waals surface area contributed by atoms with E-state index in [0.29, 0.717) is 31.2 Å². The van der Waals surface area contributed by atoms with Crippen LogP contribution in [-0.2, 0) is 25.5 Å². The molecule has 3 aromatic rings. The number of ether oxygens (including phenoxy) is 1. The number of alkyl carbamates (subject to hydrolysis) is 1. The number of amides is 3. The van der Waals surface area contributed by atoms with E-state index >= 15 is 0 Å². The predicted molar refractivity (Wildman–Crippen MR) is 205 cm³/mol. The van der Waals surface area contributed by atoms with Gasteiger partial charge in [-0.1, -0.05) is 99.7 Å². The zero-order chi connectivity index (χ0) is 36.9. The van der Waals surface area contributed by atoms with Crippen LogP contribution in [0, 0.1) is 17.8 Å². The first-order chi connectivity index (χ1) is 25.8. The van der Waals surface area contributed by atoms with Crippen molar-refractivity contribution in [2.75, 3.05) is 24.6 Å². The fourth-order valence-corrected chi connectivity index (χ4v) is 9.35. The van der Waals surface area contributed by atoms with Crippen LogP contribution in [0.1, 0.15) is 100 Å². The molecule has 2 N–H and O–H groups in total. The van der Waals surface area contributed by atoms with E-state index in [-0.39, 0.29) is 30.8 Å². The quantitative estimate of drug-likeness (QED) is 0.208. The van der Waals surface area contributed by atoms with Gasteiger partial charge in [0.1, 0.15) is 18.7 Å². The number of carboxylic acid groups (broad SMARTS) is 1. The molecule has 3 unspecified atom stereocenters. The van der Waals surface area contributed by atoms with Gasteiger partial charge in [-0.3, -0.25) is 9.59 Å². The summed E-state index contributed by atoms with van der Waals surface area (Å²) in [5.74, 6) is -0.534. The van der Waals surface area contributed by atoms with Crippen molar-refractivity contribution in [3.8, 4) is 11.1 Å². The maximum atomic E-state index is 14.1. The van der Waals surface area contributed by atoms with Gasteiger partial charge in [-0.2, -0.15) is 0 Å². The number of hydrogen-bond acceptors (Lipinski definition) is 5. The number of likely N-dealkylation sites (tertiary alicyclic amines) is 1. The molecule has 0 spiro atoms. The molecule has 53 heavy (non-hydrogen) atoms. The van der Waals surface area contributed by atoms with Crippen LogP contribution in [0.15, 0.2) is 72.8 Å². The molecule has 1 aliphatic heterocycles. The molecule has 9 heteroatoms. The fraction of sp³-hybridized carbons (Fsp3) is 0.500. The van der Waals surface area contributed by atoms with Gasteiger partial charge >= 0.3 is 12.1 Å². The second-order valence-electron chi connectivity index (χ2n) is 15.7. The number of benzene rings is 3. The highest BCUT2D eigenvalue weighted by Crippen LogP contribution is 2.44. The second-order valence-corrected chi connectivity index (χ2v) is 15.7.